The van der Waals surface area contributed by atoms with Crippen LogP contribution < -0.4 is 11.3 Å². The van der Waals surface area contributed by atoms with E-state index in [0.29, 0.717) is 0 Å². The molecule has 0 aromatic heterocycles. The van der Waals surface area contributed by atoms with Gasteiger partial charge in [-0.2, -0.15) is 0 Å². The maximum atomic E-state index is 5.15. The van der Waals surface area contributed by atoms with Crippen LogP contribution in [0.25, 0.3) is 0 Å². The fourth-order valence-corrected chi connectivity index (χ4v) is 0.906. The van der Waals surface area contributed by atoms with Crippen molar-refractivity contribution in [1.82, 2.24) is 0 Å². The van der Waals surface area contributed by atoms with Crippen molar-refractivity contribution in [2.75, 3.05) is 5.43 Å². The first-order chi connectivity index (χ1) is 4.33. The quantitative estimate of drug-likeness (QED) is 0.457. The Morgan fingerprint density at radius 2 is 1.70 bits per heavy atom. The molecule has 0 heterocycles. The number of nitrogens with one attached hydrogen (secondary N) is 1. The number of anilines is 1. The molecule has 0 amide bonds. The van der Waals surface area contributed by atoms with E-state index in [-0.39, 0.29) is 24.0 Å². The largest absolute Gasteiger partial charge is 0.324 e. The Labute approximate surface area is 90.7 Å². The normalized spacial score (nSPS) is 8.20. The van der Waals surface area contributed by atoms with Crippen molar-refractivity contribution >= 4 is 52.3 Å². The zero-order valence-corrected chi connectivity index (χ0v) is 9.66. The van der Waals surface area contributed by atoms with E-state index in [2.05, 4.69) is 28.0 Å². The minimum absolute atomic E-state index is 0. The van der Waals surface area contributed by atoms with Crippen molar-refractivity contribution in [3.8, 4) is 0 Å². The first-order valence-corrected chi connectivity index (χ1v) is 3.63. The maximum Gasteiger partial charge on any atom is 0.0485 e. The number of hydrogen-bond acceptors (Lipinski definition) is 2. The highest BCUT2D eigenvalue weighted by molar-refractivity contribution is 14.1. The van der Waals surface area contributed by atoms with Crippen molar-refractivity contribution in [2.45, 2.75) is 0 Å². The average molecular weight is 362 g/mol. The van der Waals surface area contributed by atoms with E-state index in [1.807, 2.05) is 24.3 Å². The summed E-state index contributed by atoms with van der Waals surface area (Å²) in [5.74, 6) is 5.15. The Morgan fingerprint density at radius 1 is 1.20 bits per heavy atom. The summed E-state index contributed by atoms with van der Waals surface area (Å²) in [5, 5.41) is 0. The van der Waals surface area contributed by atoms with Crippen molar-refractivity contribution < 1.29 is 0 Å². The van der Waals surface area contributed by atoms with Crippen LogP contribution in [0.3, 0.4) is 0 Å². The van der Waals surface area contributed by atoms with Crippen LogP contribution in [0.2, 0.25) is 0 Å². The molecule has 0 unspecified atom stereocenters. The SMILES string of the molecule is I.NNc1ccc(I)cc1. The third kappa shape index (κ3) is 3.02. The van der Waals surface area contributed by atoms with Crippen LogP contribution in [0.1, 0.15) is 0 Å². The number of nitrogens with two attached hydrogens (primary N) is 1. The monoisotopic (exact) mass is 362 g/mol. The van der Waals surface area contributed by atoms with Gasteiger partial charge in [0.1, 0.15) is 0 Å². The Hall–Kier alpha value is 0.440. The van der Waals surface area contributed by atoms with Crippen LogP contribution in [0.4, 0.5) is 5.69 Å². The number of halogens is 2. The molecule has 3 N–H and O–H groups in total. The van der Waals surface area contributed by atoms with Gasteiger partial charge in [0.2, 0.25) is 0 Å². The predicted octanol–water partition coefficient (Wildman–Crippen LogP) is 2.19. The van der Waals surface area contributed by atoms with Crippen molar-refractivity contribution in [3.05, 3.63) is 27.8 Å². The molecule has 0 spiro atoms. The number of nitrogen functional groups attached to an aromatic ring is 1. The minimum Gasteiger partial charge on any atom is -0.324 e. The summed E-state index contributed by atoms with van der Waals surface area (Å²) in [6.45, 7) is 0. The van der Waals surface area contributed by atoms with Gasteiger partial charge >= 0.3 is 0 Å². The highest BCUT2D eigenvalue weighted by atomic mass is 127. The van der Waals surface area contributed by atoms with Gasteiger partial charge < -0.3 is 5.43 Å². The van der Waals surface area contributed by atoms with Gasteiger partial charge in [0.25, 0.3) is 0 Å². The lowest BCUT2D eigenvalue weighted by Gasteiger charge is -1.96. The topological polar surface area (TPSA) is 38.0 Å². The third-order valence-electron chi connectivity index (χ3n) is 1.01. The molecular formula is C6H8I2N2. The Bertz CT molecular complexity index is 185. The number of hydrogen-bond donors (Lipinski definition) is 2. The molecule has 1 rings (SSSR count). The van der Waals surface area contributed by atoms with E-state index < -0.39 is 0 Å². The van der Waals surface area contributed by atoms with E-state index in [1.54, 1.807) is 0 Å². The highest BCUT2D eigenvalue weighted by Crippen LogP contribution is 2.08. The zero-order valence-electron chi connectivity index (χ0n) is 5.17. The summed E-state index contributed by atoms with van der Waals surface area (Å²) in [4.78, 5) is 0. The number of benzene rings is 1. The molecule has 0 fully saturated rings. The molecule has 0 aliphatic rings. The molecule has 0 aliphatic carbocycles. The fourth-order valence-electron chi connectivity index (χ4n) is 0.546. The molecule has 10 heavy (non-hydrogen) atoms. The molecule has 1 aromatic carbocycles. The van der Waals surface area contributed by atoms with E-state index in [9.17, 15) is 0 Å². The van der Waals surface area contributed by atoms with Crippen LogP contribution in [0.5, 0.6) is 0 Å². The smallest absolute Gasteiger partial charge is 0.0485 e. The summed E-state index contributed by atoms with van der Waals surface area (Å²) in [6, 6.07) is 7.86. The summed E-state index contributed by atoms with van der Waals surface area (Å²) < 4.78 is 1.21. The molecule has 1 aromatic rings. The van der Waals surface area contributed by atoms with Gasteiger partial charge in [0.15, 0.2) is 0 Å². The second kappa shape index (κ2) is 5.14. The lowest BCUT2D eigenvalue weighted by Crippen LogP contribution is -2.05. The van der Waals surface area contributed by atoms with Crippen LogP contribution in [-0.4, -0.2) is 0 Å². The zero-order chi connectivity index (χ0) is 6.69. The van der Waals surface area contributed by atoms with Gasteiger partial charge in [-0.15, -0.1) is 24.0 Å². The maximum absolute atomic E-state index is 5.15. The van der Waals surface area contributed by atoms with Gasteiger partial charge in [-0.25, -0.2) is 0 Å². The first kappa shape index (κ1) is 10.4. The first-order valence-electron chi connectivity index (χ1n) is 2.55. The average Bonchev–Trinajstić information content (AvgIpc) is 1.90. The van der Waals surface area contributed by atoms with Crippen molar-refractivity contribution in [3.63, 3.8) is 0 Å². The Kier molecular flexibility index (Phi) is 5.36. The van der Waals surface area contributed by atoms with Crippen LogP contribution in [0, 0.1) is 3.57 Å². The lowest BCUT2D eigenvalue weighted by atomic mass is 10.3. The minimum atomic E-state index is 0. The van der Waals surface area contributed by atoms with Gasteiger partial charge in [-0.1, -0.05) is 0 Å². The molecule has 0 radical (unpaired) electrons. The van der Waals surface area contributed by atoms with E-state index in [0.717, 1.165) is 5.69 Å². The highest BCUT2D eigenvalue weighted by Gasteiger charge is 1.85. The third-order valence-corrected chi connectivity index (χ3v) is 1.73. The fraction of sp³-hybridized carbons (Fsp3) is 0. The van der Waals surface area contributed by atoms with E-state index >= 15 is 0 Å². The lowest BCUT2D eigenvalue weighted by molar-refractivity contribution is 1.35. The van der Waals surface area contributed by atoms with Crippen LogP contribution in [0.15, 0.2) is 24.3 Å². The van der Waals surface area contributed by atoms with E-state index in [1.165, 1.54) is 3.57 Å². The predicted molar refractivity (Wildman–Crippen MR) is 62.4 cm³/mol. The Balaban J connectivity index is 0.000000810. The van der Waals surface area contributed by atoms with E-state index in [4.69, 9.17) is 5.84 Å². The molecule has 2 nitrogen and oxygen atoms in total. The molecule has 0 atom stereocenters. The number of hydrazine groups is 1. The Morgan fingerprint density at radius 3 is 2.10 bits per heavy atom. The summed E-state index contributed by atoms with van der Waals surface area (Å²) in [5.41, 5.74) is 3.49. The van der Waals surface area contributed by atoms with Crippen LogP contribution in [-0.2, 0) is 0 Å². The van der Waals surface area contributed by atoms with Gasteiger partial charge in [0, 0.05) is 9.26 Å². The molecular weight excluding hydrogens is 354 g/mol. The summed E-state index contributed by atoms with van der Waals surface area (Å²) >= 11 is 2.24. The van der Waals surface area contributed by atoms with Crippen molar-refractivity contribution in [2.24, 2.45) is 5.84 Å². The summed E-state index contributed by atoms with van der Waals surface area (Å²) in [7, 11) is 0. The summed E-state index contributed by atoms with van der Waals surface area (Å²) in [6.07, 6.45) is 0. The van der Waals surface area contributed by atoms with Gasteiger partial charge in [0.05, 0.1) is 0 Å². The van der Waals surface area contributed by atoms with Crippen molar-refractivity contribution in [1.29, 1.82) is 0 Å². The molecule has 0 aliphatic heterocycles. The number of rotatable bonds is 1. The second-order valence-electron chi connectivity index (χ2n) is 1.65. The molecule has 0 bridgehead atoms. The van der Waals surface area contributed by atoms with Gasteiger partial charge in [-0.05, 0) is 46.9 Å². The van der Waals surface area contributed by atoms with Gasteiger partial charge in [-0.3, -0.25) is 5.84 Å². The second-order valence-corrected chi connectivity index (χ2v) is 2.90. The standard InChI is InChI=1S/C6H7IN2.HI/c7-5-1-3-6(9-8)4-2-5;/h1-4,9H,8H2;1H. The molecule has 4 heteroatoms. The van der Waals surface area contributed by atoms with Crippen LogP contribution >= 0.6 is 46.6 Å². The molecule has 0 saturated heterocycles. The molecule has 56 valence electrons. The molecule has 0 saturated carbocycles.